The zero-order valence-electron chi connectivity index (χ0n) is 21.4. The minimum absolute atomic E-state index is 0.0813. The topological polar surface area (TPSA) is 76.3 Å². The number of amides is 1. The molecule has 0 radical (unpaired) electrons. The van der Waals surface area contributed by atoms with Crippen molar-refractivity contribution < 1.29 is 4.79 Å². The first-order chi connectivity index (χ1) is 18.1. The summed E-state index contributed by atoms with van der Waals surface area (Å²) in [7, 11) is 0. The van der Waals surface area contributed by atoms with Crippen LogP contribution in [0.15, 0.2) is 80.7 Å². The van der Waals surface area contributed by atoms with Crippen LogP contribution in [0.4, 0.5) is 0 Å². The second-order valence-electron chi connectivity index (χ2n) is 9.98. The third-order valence-electron chi connectivity index (χ3n) is 7.01. The number of aromatic nitrogens is 4. The minimum Gasteiger partial charge on any atom is -0.336 e. The molecule has 1 aliphatic heterocycles. The Kier molecular flexibility index (Phi) is 7.39. The predicted octanol–water partition coefficient (Wildman–Crippen LogP) is 4.94. The van der Waals surface area contributed by atoms with E-state index in [9.17, 15) is 9.59 Å². The molecule has 1 aliphatic rings. The van der Waals surface area contributed by atoms with E-state index in [2.05, 4.69) is 73.1 Å². The van der Waals surface area contributed by atoms with E-state index >= 15 is 0 Å². The predicted molar refractivity (Wildman–Crippen MR) is 154 cm³/mol. The molecule has 10 heteroatoms. The van der Waals surface area contributed by atoms with Crippen LogP contribution in [-0.2, 0) is 5.54 Å². The summed E-state index contributed by atoms with van der Waals surface area (Å²) in [5.41, 5.74) is 3.61. The van der Waals surface area contributed by atoms with Crippen molar-refractivity contribution in [3.8, 4) is 11.4 Å². The smallest absolute Gasteiger partial charge is 0.255 e. The van der Waals surface area contributed by atoms with Gasteiger partial charge in [-0.15, -0.1) is 5.10 Å². The molecule has 1 saturated heterocycles. The van der Waals surface area contributed by atoms with Crippen LogP contribution in [0.2, 0.25) is 0 Å². The van der Waals surface area contributed by atoms with Gasteiger partial charge in [-0.05, 0) is 68.8 Å². The van der Waals surface area contributed by atoms with E-state index in [0.29, 0.717) is 37.4 Å². The first-order valence-corrected chi connectivity index (χ1v) is 13.9. The molecule has 0 bridgehead atoms. The van der Waals surface area contributed by atoms with Gasteiger partial charge in [0.15, 0.2) is 0 Å². The Balaban J connectivity index is 1.29. The molecular weight excluding hydrogens is 612 g/mol. The van der Waals surface area contributed by atoms with E-state index in [-0.39, 0.29) is 17.0 Å². The quantitative estimate of drug-likeness (QED) is 0.309. The van der Waals surface area contributed by atoms with Crippen LogP contribution < -0.4 is 5.56 Å². The molecule has 4 aromatic rings. The Morgan fingerprint density at radius 2 is 1.63 bits per heavy atom. The van der Waals surface area contributed by atoms with Gasteiger partial charge in [-0.1, -0.05) is 43.1 Å². The molecule has 1 fully saturated rings. The van der Waals surface area contributed by atoms with Gasteiger partial charge in [0, 0.05) is 53.1 Å². The lowest BCUT2D eigenvalue weighted by molar-refractivity contribution is 0.0378. The van der Waals surface area contributed by atoms with Gasteiger partial charge in [-0.3, -0.25) is 19.1 Å². The van der Waals surface area contributed by atoms with Gasteiger partial charge in [-0.25, -0.2) is 4.68 Å². The lowest BCUT2D eigenvalue weighted by Gasteiger charge is -2.43. The SMILES string of the molecule is Cc1cc(Br)cc(-n2cc(C(C)(C)N3CCN(C(=O)c4ccc(=O)n(-c5cccc(Br)c5)c4)CC3)nn2)c1. The van der Waals surface area contributed by atoms with Crippen molar-refractivity contribution in [2.75, 3.05) is 26.2 Å². The number of rotatable bonds is 5. The van der Waals surface area contributed by atoms with Crippen LogP contribution >= 0.6 is 31.9 Å². The summed E-state index contributed by atoms with van der Waals surface area (Å²) in [5.74, 6) is -0.0813. The lowest BCUT2D eigenvalue weighted by atomic mass is 9.97. The Bertz CT molecular complexity index is 1530. The van der Waals surface area contributed by atoms with Gasteiger partial charge in [0.1, 0.15) is 5.69 Å². The molecule has 5 rings (SSSR count). The molecule has 0 unspecified atom stereocenters. The summed E-state index contributed by atoms with van der Waals surface area (Å²) in [6, 6.07) is 16.7. The highest BCUT2D eigenvalue weighted by molar-refractivity contribution is 9.10. The highest BCUT2D eigenvalue weighted by Gasteiger charge is 2.35. The summed E-state index contributed by atoms with van der Waals surface area (Å²) in [6.45, 7) is 8.89. The van der Waals surface area contributed by atoms with Gasteiger partial charge in [0.2, 0.25) is 0 Å². The molecule has 2 aromatic heterocycles. The zero-order valence-corrected chi connectivity index (χ0v) is 24.6. The van der Waals surface area contributed by atoms with Crippen molar-refractivity contribution in [2.45, 2.75) is 26.3 Å². The number of halogens is 2. The van der Waals surface area contributed by atoms with Crippen molar-refractivity contribution >= 4 is 37.8 Å². The van der Waals surface area contributed by atoms with Gasteiger partial charge < -0.3 is 4.90 Å². The highest BCUT2D eigenvalue weighted by atomic mass is 79.9. The molecule has 0 atom stereocenters. The standard InChI is InChI=1S/C28H28Br2N6O2/c1-19-13-22(30)16-24(14-19)36-18-25(31-32-36)28(2,3)34-11-9-33(10-12-34)27(38)20-7-8-26(37)35(17-20)23-6-4-5-21(29)15-23/h4-8,13-18H,9-12H2,1-3H3. The maximum atomic E-state index is 13.4. The van der Waals surface area contributed by atoms with Crippen LogP contribution in [0, 0.1) is 6.92 Å². The first kappa shape index (κ1) is 26.5. The Hall–Kier alpha value is -3.08. The third kappa shape index (κ3) is 5.39. The van der Waals surface area contributed by atoms with Crippen molar-refractivity contribution in [3.63, 3.8) is 0 Å². The van der Waals surface area contributed by atoms with Gasteiger partial charge in [0.25, 0.3) is 11.5 Å². The van der Waals surface area contributed by atoms with Crippen LogP contribution in [0.1, 0.15) is 35.5 Å². The Morgan fingerprint density at radius 1 is 0.895 bits per heavy atom. The second kappa shape index (κ2) is 10.6. The number of piperazine rings is 1. The highest BCUT2D eigenvalue weighted by Crippen LogP contribution is 2.28. The maximum Gasteiger partial charge on any atom is 0.255 e. The molecule has 1 amide bonds. The molecule has 3 heterocycles. The molecule has 8 nitrogen and oxygen atoms in total. The van der Waals surface area contributed by atoms with E-state index in [1.807, 2.05) is 48.4 Å². The fourth-order valence-corrected chi connectivity index (χ4v) is 5.76. The number of nitrogens with zero attached hydrogens (tertiary/aromatic N) is 6. The monoisotopic (exact) mass is 638 g/mol. The molecule has 0 spiro atoms. The summed E-state index contributed by atoms with van der Waals surface area (Å²) in [6.07, 6.45) is 3.61. The van der Waals surface area contributed by atoms with Crippen LogP contribution in [-0.4, -0.2) is 61.4 Å². The second-order valence-corrected chi connectivity index (χ2v) is 11.8. The number of benzene rings is 2. The number of carbonyl (C=O) groups is 1. The number of carbonyl (C=O) groups excluding carboxylic acids is 1. The summed E-state index contributed by atoms with van der Waals surface area (Å²) in [5, 5.41) is 8.88. The molecule has 38 heavy (non-hydrogen) atoms. The number of hydrogen-bond acceptors (Lipinski definition) is 5. The van der Waals surface area contributed by atoms with E-state index in [1.165, 1.54) is 10.6 Å². The average molecular weight is 640 g/mol. The van der Waals surface area contributed by atoms with E-state index in [0.717, 1.165) is 25.9 Å². The van der Waals surface area contributed by atoms with Crippen molar-refractivity contribution in [1.82, 2.24) is 29.4 Å². The van der Waals surface area contributed by atoms with Gasteiger partial charge in [0.05, 0.1) is 23.0 Å². The fourth-order valence-electron chi connectivity index (χ4n) is 4.77. The number of hydrogen-bond donors (Lipinski definition) is 0. The van der Waals surface area contributed by atoms with Crippen LogP contribution in [0.25, 0.3) is 11.4 Å². The minimum atomic E-state index is -0.359. The first-order valence-electron chi connectivity index (χ1n) is 12.4. The summed E-state index contributed by atoms with van der Waals surface area (Å²) >= 11 is 7.00. The maximum absolute atomic E-state index is 13.4. The number of pyridine rings is 1. The van der Waals surface area contributed by atoms with Gasteiger partial charge in [-0.2, -0.15) is 0 Å². The number of aryl methyl sites for hydroxylation is 1. The lowest BCUT2D eigenvalue weighted by Crippen LogP contribution is -2.54. The van der Waals surface area contributed by atoms with E-state index < -0.39 is 0 Å². The van der Waals surface area contributed by atoms with Crippen LogP contribution in [0.5, 0.6) is 0 Å². The molecule has 0 N–H and O–H groups in total. The molecular formula is C28H28Br2N6O2. The average Bonchev–Trinajstić information content (AvgIpc) is 3.40. The van der Waals surface area contributed by atoms with Crippen molar-refractivity contribution in [3.05, 3.63) is 103 Å². The van der Waals surface area contributed by atoms with E-state index in [4.69, 9.17) is 0 Å². The summed E-state index contributed by atoms with van der Waals surface area (Å²) in [4.78, 5) is 30.0. The van der Waals surface area contributed by atoms with Crippen molar-refractivity contribution in [2.24, 2.45) is 0 Å². The molecule has 0 saturated carbocycles. The molecule has 0 aliphatic carbocycles. The normalized spacial score (nSPS) is 14.6. The fraction of sp³-hybridized carbons (Fsp3) is 0.286. The molecule has 196 valence electrons. The van der Waals surface area contributed by atoms with Crippen LogP contribution in [0.3, 0.4) is 0 Å². The zero-order chi connectivity index (χ0) is 27.0. The van der Waals surface area contributed by atoms with Crippen molar-refractivity contribution in [1.29, 1.82) is 0 Å². The largest absolute Gasteiger partial charge is 0.336 e. The Labute approximate surface area is 238 Å². The summed E-state index contributed by atoms with van der Waals surface area (Å²) < 4.78 is 5.17. The van der Waals surface area contributed by atoms with Gasteiger partial charge >= 0.3 is 0 Å². The Morgan fingerprint density at radius 3 is 2.34 bits per heavy atom. The molecule has 2 aromatic carbocycles. The van der Waals surface area contributed by atoms with E-state index in [1.54, 1.807) is 16.9 Å². The third-order valence-corrected chi connectivity index (χ3v) is 7.96.